The second-order valence-corrected chi connectivity index (χ2v) is 6.96. The Bertz CT molecular complexity index is 707. The van der Waals surface area contributed by atoms with E-state index in [9.17, 15) is 0 Å². The van der Waals surface area contributed by atoms with Gasteiger partial charge in [-0.3, -0.25) is 9.80 Å². The van der Waals surface area contributed by atoms with Crippen molar-refractivity contribution in [3.05, 3.63) is 66.5 Å². The molecule has 0 saturated carbocycles. The maximum Gasteiger partial charge on any atom is 0.119 e. The van der Waals surface area contributed by atoms with Crippen LogP contribution in [0.2, 0.25) is 0 Å². The fourth-order valence-corrected chi connectivity index (χ4v) is 3.47. The van der Waals surface area contributed by atoms with Crippen LogP contribution in [0.25, 0.3) is 0 Å². The number of morpholine rings is 1. The Kier molecular flexibility index (Phi) is 7.51. The van der Waals surface area contributed by atoms with E-state index in [4.69, 9.17) is 9.47 Å². The topological polar surface area (TPSA) is 29.9 Å². The first-order valence-electron chi connectivity index (χ1n) is 9.69. The Morgan fingerprint density at radius 3 is 2.85 bits per heavy atom. The number of methoxy groups -OCH3 is 1. The van der Waals surface area contributed by atoms with Crippen LogP contribution in [0, 0.1) is 0 Å². The first-order chi connectivity index (χ1) is 13.3. The molecular formula is C22H31N3O2. The zero-order chi connectivity index (χ0) is 18.9. The summed E-state index contributed by atoms with van der Waals surface area (Å²) in [5.74, 6) is 0.903. The van der Waals surface area contributed by atoms with Gasteiger partial charge in [0.05, 0.1) is 20.3 Å². The predicted molar refractivity (Wildman–Crippen MR) is 109 cm³/mol. The van der Waals surface area contributed by atoms with Crippen LogP contribution in [0.5, 0.6) is 5.75 Å². The van der Waals surface area contributed by atoms with Crippen LogP contribution in [0.4, 0.5) is 0 Å². The van der Waals surface area contributed by atoms with Gasteiger partial charge in [0.1, 0.15) is 5.75 Å². The average molecular weight is 370 g/mol. The highest BCUT2D eigenvalue weighted by Crippen LogP contribution is 2.16. The number of rotatable bonds is 10. The number of ether oxygens (including phenoxy) is 2. The molecule has 0 N–H and O–H groups in total. The SMILES string of the molecule is C=CCN(CCN1CCOCC1)Cc1cccn1Cc1cccc(OC)c1. The van der Waals surface area contributed by atoms with Crippen LogP contribution in [0.3, 0.4) is 0 Å². The van der Waals surface area contributed by atoms with Gasteiger partial charge in [-0.15, -0.1) is 6.58 Å². The summed E-state index contributed by atoms with van der Waals surface area (Å²) in [5, 5.41) is 0. The van der Waals surface area contributed by atoms with Gasteiger partial charge in [-0.25, -0.2) is 0 Å². The predicted octanol–water partition coefficient (Wildman–Crippen LogP) is 2.87. The maximum atomic E-state index is 5.44. The Balaban J connectivity index is 1.60. The molecule has 2 heterocycles. The van der Waals surface area contributed by atoms with Crippen molar-refractivity contribution in [1.29, 1.82) is 0 Å². The van der Waals surface area contributed by atoms with Gasteiger partial charge < -0.3 is 14.0 Å². The molecule has 1 aromatic carbocycles. The molecule has 5 nitrogen and oxygen atoms in total. The lowest BCUT2D eigenvalue weighted by Gasteiger charge is -2.29. The van der Waals surface area contributed by atoms with E-state index in [1.165, 1.54) is 11.3 Å². The Morgan fingerprint density at radius 1 is 1.22 bits per heavy atom. The zero-order valence-electron chi connectivity index (χ0n) is 16.3. The van der Waals surface area contributed by atoms with E-state index in [2.05, 4.69) is 51.4 Å². The van der Waals surface area contributed by atoms with Gasteiger partial charge in [-0.1, -0.05) is 18.2 Å². The lowest BCUT2D eigenvalue weighted by atomic mass is 10.2. The number of benzene rings is 1. The first kappa shape index (κ1) is 19.7. The fraction of sp³-hybridized carbons (Fsp3) is 0.455. The normalized spacial score (nSPS) is 15.2. The van der Waals surface area contributed by atoms with E-state index in [0.717, 1.165) is 64.8 Å². The monoisotopic (exact) mass is 369 g/mol. The molecule has 0 radical (unpaired) electrons. The van der Waals surface area contributed by atoms with E-state index in [-0.39, 0.29) is 0 Å². The number of aromatic nitrogens is 1. The van der Waals surface area contributed by atoms with Crippen molar-refractivity contribution in [2.45, 2.75) is 13.1 Å². The molecule has 0 bridgehead atoms. The van der Waals surface area contributed by atoms with Crippen LogP contribution in [-0.2, 0) is 17.8 Å². The highest BCUT2D eigenvalue weighted by Gasteiger charge is 2.13. The molecule has 0 amide bonds. The van der Waals surface area contributed by atoms with Crippen molar-refractivity contribution in [2.24, 2.45) is 0 Å². The molecule has 1 saturated heterocycles. The average Bonchev–Trinajstić information content (AvgIpc) is 3.14. The van der Waals surface area contributed by atoms with Gasteiger partial charge in [0.25, 0.3) is 0 Å². The van der Waals surface area contributed by atoms with Gasteiger partial charge in [-0.05, 0) is 29.8 Å². The second kappa shape index (κ2) is 10.3. The molecule has 0 unspecified atom stereocenters. The zero-order valence-corrected chi connectivity index (χ0v) is 16.3. The molecule has 1 aliphatic heterocycles. The largest absolute Gasteiger partial charge is 0.497 e. The summed E-state index contributed by atoms with van der Waals surface area (Å²) in [6.07, 6.45) is 4.15. The van der Waals surface area contributed by atoms with Crippen LogP contribution >= 0.6 is 0 Å². The smallest absolute Gasteiger partial charge is 0.119 e. The Morgan fingerprint density at radius 2 is 2.07 bits per heavy atom. The summed E-state index contributed by atoms with van der Waals surface area (Å²) in [5.41, 5.74) is 2.57. The molecule has 1 fully saturated rings. The van der Waals surface area contributed by atoms with Crippen LogP contribution < -0.4 is 4.74 Å². The maximum absolute atomic E-state index is 5.44. The minimum Gasteiger partial charge on any atom is -0.497 e. The molecule has 3 rings (SSSR count). The van der Waals surface area contributed by atoms with Crippen LogP contribution in [0.15, 0.2) is 55.3 Å². The quantitative estimate of drug-likeness (QED) is 0.603. The molecule has 1 aromatic heterocycles. The first-order valence-corrected chi connectivity index (χ1v) is 9.69. The third-order valence-electron chi connectivity index (χ3n) is 5.02. The summed E-state index contributed by atoms with van der Waals surface area (Å²) < 4.78 is 13.1. The Labute approximate surface area is 162 Å². The Hall–Kier alpha value is -2.08. The summed E-state index contributed by atoms with van der Waals surface area (Å²) >= 11 is 0. The number of hydrogen-bond acceptors (Lipinski definition) is 4. The van der Waals surface area contributed by atoms with E-state index >= 15 is 0 Å². The minimum absolute atomic E-state index is 0.852. The van der Waals surface area contributed by atoms with Gasteiger partial charge in [-0.2, -0.15) is 0 Å². The molecule has 27 heavy (non-hydrogen) atoms. The lowest BCUT2D eigenvalue weighted by Crippen LogP contribution is -2.41. The van der Waals surface area contributed by atoms with E-state index < -0.39 is 0 Å². The molecule has 2 aromatic rings. The second-order valence-electron chi connectivity index (χ2n) is 6.96. The van der Waals surface area contributed by atoms with Gasteiger partial charge in [0.2, 0.25) is 0 Å². The third kappa shape index (κ3) is 5.96. The summed E-state index contributed by atoms with van der Waals surface area (Å²) in [4.78, 5) is 4.94. The summed E-state index contributed by atoms with van der Waals surface area (Å²) in [6.45, 7) is 12.5. The highest BCUT2D eigenvalue weighted by molar-refractivity contribution is 5.29. The van der Waals surface area contributed by atoms with Crippen LogP contribution in [-0.4, -0.2) is 67.4 Å². The fourth-order valence-electron chi connectivity index (χ4n) is 3.47. The van der Waals surface area contributed by atoms with Crippen molar-refractivity contribution in [3.63, 3.8) is 0 Å². The van der Waals surface area contributed by atoms with Crippen molar-refractivity contribution < 1.29 is 9.47 Å². The summed E-state index contributed by atoms with van der Waals surface area (Å²) in [7, 11) is 1.71. The standard InChI is InChI=1S/C22H31N3O2/c1-3-9-24(12-11-23-13-15-27-16-14-23)19-21-7-5-10-25(21)18-20-6-4-8-22(17-20)26-2/h3-8,10,17H,1,9,11-16,18-19H2,2H3. The lowest BCUT2D eigenvalue weighted by molar-refractivity contribution is 0.0334. The molecule has 0 atom stereocenters. The van der Waals surface area contributed by atoms with Gasteiger partial charge >= 0.3 is 0 Å². The van der Waals surface area contributed by atoms with Crippen molar-refractivity contribution >= 4 is 0 Å². The van der Waals surface area contributed by atoms with E-state index in [1.807, 2.05) is 18.2 Å². The molecule has 1 aliphatic rings. The van der Waals surface area contributed by atoms with Crippen molar-refractivity contribution in [3.8, 4) is 5.75 Å². The van der Waals surface area contributed by atoms with E-state index in [0.29, 0.717) is 0 Å². The van der Waals surface area contributed by atoms with Gasteiger partial charge in [0.15, 0.2) is 0 Å². The molecule has 5 heteroatoms. The number of nitrogens with zero attached hydrogens (tertiary/aromatic N) is 3. The number of hydrogen-bond donors (Lipinski definition) is 0. The molecular weight excluding hydrogens is 338 g/mol. The summed E-state index contributed by atoms with van der Waals surface area (Å²) in [6, 6.07) is 12.6. The minimum atomic E-state index is 0.852. The van der Waals surface area contributed by atoms with Gasteiger partial charge in [0, 0.05) is 57.7 Å². The van der Waals surface area contributed by atoms with E-state index in [1.54, 1.807) is 7.11 Å². The third-order valence-corrected chi connectivity index (χ3v) is 5.02. The van der Waals surface area contributed by atoms with Crippen LogP contribution in [0.1, 0.15) is 11.3 Å². The van der Waals surface area contributed by atoms with Crippen molar-refractivity contribution in [2.75, 3.05) is 53.0 Å². The molecule has 146 valence electrons. The molecule has 0 spiro atoms. The highest BCUT2D eigenvalue weighted by atomic mass is 16.5. The molecule has 0 aliphatic carbocycles. The van der Waals surface area contributed by atoms with Crippen molar-refractivity contribution in [1.82, 2.24) is 14.4 Å².